The molecule has 1 heterocycles. The molecular weight excluding hydrogens is 338 g/mol. The van der Waals surface area contributed by atoms with E-state index in [0.29, 0.717) is 23.0 Å². The molecule has 1 aromatic heterocycles. The fourth-order valence-electron chi connectivity index (χ4n) is 2.65. The number of amides is 1. The molecule has 6 heteroatoms. The molecule has 0 spiro atoms. The van der Waals surface area contributed by atoms with Gasteiger partial charge >= 0.3 is 0 Å². The van der Waals surface area contributed by atoms with Crippen LogP contribution < -0.4 is 10.6 Å². The van der Waals surface area contributed by atoms with Gasteiger partial charge in [0, 0.05) is 5.69 Å². The number of hydrogen-bond acceptors (Lipinski definition) is 5. The van der Waals surface area contributed by atoms with Gasteiger partial charge in [0.25, 0.3) is 5.91 Å². The maximum absolute atomic E-state index is 12.4. The minimum absolute atomic E-state index is 0.172. The van der Waals surface area contributed by atoms with Gasteiger partial charge in [-0.1, -0.05) is 44.2 Å². The number of aromatic nitrogens is 2. The van der Waals surface area contributed by atoms with Gasteiger partial charge < -0.3 is 10.6 Å². The Morgan fingerprint density at radius 2 is 1.67 bits per heavy atom. The van der Waals surface area contributed by atoms with Crippen molar-refractivity contribution in [3.8, 4) is 6.07 Å². The highest BCUT2D eigenvalue weighted by Gasteiger charge is 2.12. The van der Waals surface area contributed by atoms with E-state index < -0.39 is 5.91 Å². The Hall–Kier alpha value is -3.72. The second-order valence-electron chi connectivity index (χ2n) is 6.28. The number of carbonyl (C=O) groups excluding carboxylic acids is 1. The van der Waals surface area contributed by atoms with E-state index in [-0.39, 0.29) is 5.69 Å². The third-order valence-corrected chi connectivity index (χ3v) is 4.04. The predicted octanol–water partition coefficient (Wildman–Crippen LogP) is 4.47. The summed E-state index contributed by atoms with van der Waals surface area (Å²) >= 11 is 0. The van der Waals surface area contributed by atoms with Crippen molar-refractivity contribution < 1.29 is 4.79 Å². The van der Waals surface area contributed by atoms with Crippen molar-refractivity contribution in [1.82, 2.24) is 10.2 Å². The summed E-state index contributed by atoms with van der Waals surface area (Å²) in [5, 5.41) is 23.1. The summed E-state index contributed by atoms with van der Waals surface area (Å²) in [5.74, 6) is 0.503. The number of benzene rings is 2. The van der Waals surface area contributed by atoms with Gasteiger partial charge in [-0.05, 0) is 41.8 Å². The Morgan fingerprint density at radius 3 is 2.33 bits per heavy atom. The summed E-state index contributed by atoms with van der Waals surface area (Å²) in [6.45, 7) is 4.25. The Balaban J connectivity index is 1.74. The second kappa shape index (κ2) is 8.11. The summed E-state index contributed by atoms with van der Waals surface area (Å²) in [6, 6.07) is 20.1. The van der Waals surface area contributed by atoms with Crippen molar-refractivity contribution in [2.45, 2.75) is 19.8 Å². The van der Waals surface area contributed by atoms with E-state index in [1.807, 2.05) is 24.3 Å². The first-order chi connectivity index (χ1) is 13.1. The van der Waals surface area contributed by atoms with Crippen LogP contribution in [0, 0.1) is 11.3 Å². The molecule has 0 atom stereocenters. The lowest BCUT2D eigenvalue weighted by Crippen LogP contribution is -2.15. The normalized spacial score (nSPS) is 10.3. The Labute approximate surface area is 157 Å². The first-order valence-corrected chi connectivity index (χ1v) is 8.58. The molecule has 2 N–H and O–H groups in total. The van der Waals surface area contributed by atoms with Gasteiger partial charge in [0.15, 0.2) is 11.5 Å². The quantitative estimate of drug-likeness (QED) is 0.703. The maximum atomic E-state index is 12.4. The molecule has 1 amide bonds. The molecule has 0 aliphatic heterocycles. The molecule has 0 radical (unpaired) electrons. The lowest BCUT2D eigenvalue weighted by Gasteiger charge is -2.13. The molecule has 6 nitrogen and oxygen atoms in total. The average Bonchev–Trinajstić information content (AvgIpc) is 2.69. The first kappa shape index (κ1) is 18.1. The molecular formula is C21H19N5O. The summed E-state index contributed by atoms with van der Waals surface area (Å²) in [6.07, 6.45) is 0. The molecule has 0 aliphatic rings. The SMILES string of the molecule is CC(C)c1ccccc1Nc1ccc(C(=O)Nc2ccccc2C#N)nn1. The largest absolute Gasteiger partial charge is 0.338 e. The van der Waals surface area contributed by atoms with E-state index in [2.05, 4.69) is 40.7 Å². The maximum Gasteiger partial charge on any atom is 0.276 e. The van der Waals surface area contributed by atoms with Crippen molar-refractivity contribution in [3.63, 3.8) is 0 Å². The number of nitrogens with one attached hydrogen (secondary N) is 2. The number of nitrogens with zero attached hydrogens (tertiary/aromatic N) is 3. The molecule has 134 valence electrons. The Kier molecular flexibility index (Phi) is 5.43. The first-order valence-electron chi connectivity index (χ1n) is 8.58. The lowest BCUT2D eigenvalue weighted by atomic mass is 10.0. The molecule has 0 fully saturated rings. The van der Waals surface area contributed by atoms with E-state index in [1.165, 1.54) is 5.56 Å². The zero-order valence-corrected chi connectivity index (χ0v) is 15.1. The van der Waals surface area contributed by atoms with E-state index in [0.717, 1.165) is 5.69 Å². The monoisotopic (exact) mass is 357 g/mol. The molecule has 0 saturated heterocycles. The zero-order valence-electron chi connectivity index (χ0n) is 15.1. The van der Waals surface area contributed by atoms with Crippen LogP contribution in [0.5, 0.6) is 0 Å². The summed E-state index contributed by atoms with van der Waals surface area (Å²) < 4.78 is 0. The van der Waals surface area contributed by atoms with Crippen LogP contribution in [-0.2, 0) is 0 Å². The van der Waals surface area contributed by atoms with Crippen molar-refractivity contribution in [1.29, 1.82) is 5.26 Å². The van der Waals surface area contributed by atoms with Crippen LogP contribution in [0.3, 0.4) is 0 Å². The Morgan fingerprint density at radius 1 is 0.963 bits per heavy atom. The van der Waals surface area contributed by atoms with Crippen LogP contribution in [0.25, 0.3) is 0 Å². The number of carbonyl (C=O) groups is 1. The zero-order chi connectivity index (χ0) is 19.2. The molecule has 3 aromatic rings. The van der Waals surface area contributed by atoms with Gasteiger partial charge in [-0.2, -0.15) is 5.26 Å². The molecule has 0 saturated carbocycles. The van der Waals surface area contributed by atoms with Crippen LogP contribution in [0.4, 0.5) is 17.2 Å². The topological polar surface area (TPSA) is 90.7 Å². The van der Waals surface area contributed by atoms with Crippen LogP contribution in [0.15, 0.2) is 60.7 Å². The molecule has 0 unspecified atom stereocenters. The standard InChI is InChI=1S/C21H19N5O/c1-14(2)16-8-4-6-10-18(16)23-20-12-11-19(25-26-20)21(27)24-17-9-5-3-7-15(17)13-22/h3-12,14H,1-2H3,(H,23,26)(H,24,27). The highest BCUT2D eigenvalue weighted by atomic mass is 16.1. The number of anilines is 3. The van der Waals surface area contributed by atoms with E-state index in [1.54, 1.807) is 36.4 Å². The third kappa shape index (κ3) is 4.28. The van der Waals surface area contributed by atoms with Crippen molar-refractivity contribution >= 4 is 23.1 Å². The van der Waals surface area contributed by atoms with Gasteiger partial charge in [-0.15, -0.1) is 10.2 Å². The molecule has 3 rings (SSSR count). The molecule has 2 aromatic carbocycles. The van der Waals surface area contributed by atoms with Crippen LogP contribution in [0.2, 0.25) is 0 Å². The van der Waals surface area contributed by atoms with E-state index >= 15 is 0 Å². The fraction of sp³-hybridized carbons (Fsp3) is 0.143. The average molecular weight is 357 g/mol. The number of rotatable bonds is 5. The Bertz CT molecular complexity index is 990. The number of nitriles is 1. The second-order valence-corrected chi connectivity index (χ2v) is 6.28. The van der Waals surface area contributed by atoms with Crippen LogP contribution >= 0.6 is 0 Å². The predicted molar refractivity (Wildman–Crippen MR) is 105 cm³/mol. The summed E-state index contributed by atoms with van der Waals surface area (Å²) in [4.78, 5) is 12.4. The molecule has 0 bridgehead atoms. The third-order valence-electron chi connectivity index (χ3n) is 4.04. The number of para-hydroxylation sites is 2. The number of hydrogen-bond donors (Lipinski definition) is 2. The molecule has 27 heavy (non-hydrogen) atoms. The van der Waals surface area contributed by atoms with Gasteiger partial charge in [-0.3, -0.25) is 4.79 Å². The van der Waals surface area contributed by atoms with Gasteiger partial charge in [0.1, 0.15) is 6.07 Å². The lowest BCUT2D eigenvalue weighted by molar-refractivity contribution is 0.102. The van der Waals surface area contributed by atoms with E-state index in [4.69, 9.17) is 5.26 Å². The van der Waals surface area contributed by atoms with Gasteiger partial charge in [0.2, 0.25) is 0 Å². The highest BCUT2D eigenvalue weighted by Crippen LogP contribution is 2.26. The van der Waals surface area contributed by atoms with Crippen LogP contribution in [-0.4, -0.2) is 16.1 Å². The van der Waals surface area contributed by atoms with Gasteiger partial charge in [-0.25, -0.2) is 0 Å². The molecule has 0 aliphatic carbocycles. The minimum Gasteiger partial charge on any atom is -0.338 e. The highest BCUT2D eigenvalue weighted by molar-refractivity contribution is 6.03. The van der Waals surface area contributed by atoms with Crippen molar-refractivity contribution in [2.24, 2.45) is 0 Å². The van der Waals surface area contributed by atoms with E-state index in [9.17, 15) is 4.79 Å². The van der Waals surface area contributed by atoms with Crippen molar-refractivity contribution in [3.05, 3.63) is 77.5 Å². The summed E-state index contributed by atoms with van der Waals surface area (Å²) in [7, 11) is 0. The smallest absolute Gasteiger partial charge is 0.276 e. The van der Waals surface area contributed by atoms with Crippen LogP contribution in [0.1, 0.15) is 41.4 Å². The summed E-state index contributed by atoms with van der Waals surface area (Å²) in [5.41, 5.74) is 3.14. The minimum atomic E-state index is -0.417. The van der Waals surface area contributed by atoms with Crippen molar-refractivity contribution in [2.75, 3.05) is 10.6 Å². The van der Waals surface area contributed by atoms with Gasteiger partial charge in [0.05, 0.1) is 11.3 Å². The fourth-order valence-corrected chi connectivity index (χ4v) is 2.65.